The number of benzene rings is 1. The Morgan fingerprint density at radius 1 is 1.28 bits per heavy atom. The maximum atomic E-state index is 10.4. The van der Waals surface area contributed by atoms with E-state index in [9.17, 15) is 14.9 Å². The summed E-state index contributed by atoms with van der Waals surface area (Å²) in [4.78, 5) is 28.3. The molecule has 0 bridgehead atoms. The van der Waals surface area contributed by atoms with Crippen LogP contribution in [0.1, 0.15) is 5.56 Å². The summed E-state index contributed by atoms with van der Waals surface area (Å²) in [6, 6.07) is 3.48. The highest BCUT2D eigenvalue weighted by Crippen LogP contribution is 2.26. The van der Waals surface area contributed by atoms with Crippen LogP contribution in [-0.4, -0.2) is 31.4 Å². The smallest absolute Gasteiger partial charge is 0.310 e. The first-order chi connectivity index (χ1) is 8.23. The number of phenols is 1. The molecule has 0 fully saturated rings. The van der Waals surface area contributed by atoms with Gasteiger partial charge in [-0.05, 0) is 11.6 Å². The van der Waals surface area contributed by atoms with Crippen LogP contribution in [0, 0.1) is 20.2 Å². The Morgan fingerprint density at radius 3 is 2.17 bits per heavy atom. The Morgan fingerprint density at radius 2 is 1.78 bits per heavy atom. The first-order valence-electron chi connectivity index (χ1n) is 4.25. The lowest BCUT2D eigenvalue weighted by molar-refractivity contribution is -0.742. The highest BCUT2D eigenvalue weighted by Gasteiger charge is 2.14. The molecule has 10 heteroatoms. The fourth-order valence-electron chi connectivity index (χ4n) is 1.000. The van der Waals surface area contributed by atoms with Crippen molar-refractivity contribution in [2.24, 2.45) is 0 Å². The third-order valence-electron chi connectivity index (χ3n) is 1.59. The Hall–Kier alpha value is -2.91. The van der Waals surface area contributed by atoms with E-state index in [-0.39, 0.29) is 12.0 Å². The van der Waals surface area contributed by atoms with E-state index in [2.05, 4.69) is 0 Å². The van der Waals surface area contributed by atoms with Gasteiger partial charge < -0.3 is 15.4 Å². The molecule has 18 heavy (non-hydrogen) atoms. The number of hydrogen-bond acceptors (Lipinski definition) is 6. The molecule has 10 nitrogen and oxygen atoms in total. The normalized spacial score (nSPS) is 8.89. The highest BCUT2D eigenvalue weighted by molar-refractivity contribution is 5.70. The largest absolute Gasteiger partial charge is 0.502 e. The van der Waals surface area contributed by atoms with E-state index in [0.717, 1.165) is 12.1 Å². The Bertz CT molecular complexity index is 468. The summed E-state index contributed by atoms with van der Waals surface area (Å²) in [6.45, 7) is 0. The van der Waals surface area contributed by atoms with Crippen molar-refractivity contribution in [3.8, 4) is 5.75 Å². The van der Waals surface area contributed by atoms with Gasteiger partial charge in [0.1, 0.15) is 0 Å². The van der Waals surface area contributed by atoms with Crippen molar-refractivity contribution in [1.29, 1.82) is 0 Å². The van der Waals surface area contributed by atoms with E-state index >= 15 is 0 Å². The predicted octanol–water partition coefficient (Wildman–Crippen LogP) is 0.580. The van der Waals surface area contributed by atoms with Gasteiger partial charge in [-0.15, -0.1) is 10.1 Å². The number of hydrogen-bond donors (Lipinski definition) is 3. The number of nitro groups is 1. The van der Waals surface area contributed by atoms with Crippen molar-refractivity contribution in [3.05, 3.63) is 44.0 Å². The number of carbonyl (C=O) groups is 1. The van der Waals surface area contributed by atoms with Gasteiger partial charge in [-0.25, -0.2) is 0 Å². The van der Waals surface area contributed by atoms with Gasteiger partial charge in [-0.1, -0.05) is 6.07 Å². The van der Waals surface area contributed by atoms with Crippen LogP contribution < -0.4 is 0 Å². The predicted molar refractivity (Wildman–Crippen MR) is 54.9 cm³/mol. The quantitative estimate of drug-likeness (QED) is 0.524. The molecule has 0 atom stereocenters. The van der Waals surface area contributed by atoms with E-state index in [1.54, 1.807) is 0 Å². The van der Waals surface area contributed by atoms with E-state index in [4.69, 9.17) is 25.5 Å². The van der Waals surface area contributed by atoms with Crippen LogP contribution in [0.2, 0.25) is 0 Å². The van der Waals surface area contributed by atoms with Gasteiger partial charge in [0.25, 0.3) is 5.09 Å². The molecule has 0 aliphatic heterocycles. The van der Waals surface area contributed by atoms with Crippen molar-refractivity contribution in [2.75, 3.05) is 0 Å². The van der Waals surface area contributed by atoms with Crippen molar-refractivity contribution in [1.82, 2.24) is 0 Å². The van der Waals surface area contributed by atoms with Gasteiger partial charge in [0.15, 0.2) is 5.75 Å². The fourth-order valence-corrected chi connectivity index (χ4v) is 1.000. The van der Waals surface area contributed by atoms with Gasteiger partial charge in [0.2, 0.25) is 0 Å². The maximum Gasteiger partial charge on any atom is 0.310 e. The van der Waals surface area contributed by atoms with Crippen LogP contribution in [0.15, 0.2) is 18.2 Å². The molecular formula is C8H8N2O8. The van der Waals surface area contributed by atoms with Crippen LogP contribution >= 0.6 is 0 Å². The van der Waals surface area contributed by atoms with Crippen molar-refractivity contribution >= 4 is 11.7 Å². The molecule has 0 unspecified atom stereocenters. The maximum absolute atomic E-state index is 10.4. The highest BCUT2D eigenvalue weighted by atomic mass is 16.9. The molecule has 0 radical (unpaired) electrons. The molecule has 0 amide bonds. The summed E-state index contributed by atoms with van der Waals surface area (Å²) in [5.74, 6) is -1.55. The van der Waals surface area contributed by atoms with Crippen LogP contribution in [0.3, 0.4) is 0 Å². The Labute approximate surface area is 99.0 Å². The van der Waals surface area contributed by atoms with Crippen molar-refractivity contribution in [2.45, 2.75) is 6.42 Å². The van der Waals surface area contributed by atoms with Crippen LogP contribution in [0.5, 0.6) is 5.75 Å². The molecule has 0 aliphatic carbocycles. The van der Waals surface area contributed by atoms with E-state index < -0.39 is 27.4 Å². The summed E-state index contributed by atoms with van der Waals surface area (Å²) in [7, 11) is 0. The molecule has 1 rings (SSSR count). The lowest BCUT2D eigenvalue weighted by Gasteiger charge is -1.98. The number of phenolic OH excluding ortho intramolecular Hbond substituents is 1. The average Bonchev–Trinajstić information content (AvgIpc) is 2.19. The van der Waals surface area contributed by atoms with Gasteiger partial charge in [-0.2, -0.15) is 0 Å². The summed E-state index contributed by atoms with van der Waals surface area (Å²) in [5.41, 5.74) is -0.203. The first-order valence-corrected chi connectivity index (χ1v) is 4.25. The summed E-state index contributed by atoms with van der Waals surface area (Å²) >= 11 is 0. The van der Waals surface area contributed by atoms with Crippen LogP contribution in [0.4, 0.5) is 5.69 Å². The monoisotopic (exact) mass is 260 g/mol. The van der Waals surface area contributed by atoms with Crippen molar-refractivity contribution < 1.29 is 30.2 Å². The molecular weight excluding hydrogens is 252 g/mol. The van der Waals surface area contributed by atoms with Gasteiger partial charge in [0, 0.05) is 6.07 Å². The molecule has 0 saturated carbocycles. The first kappa shape index (κ1) is 15.1. The van der Waals surface area contributed by atoms with Crippen molar-refractivity contribution in [3.63, 3.8) is 0 Å². The minimum atomic E-state index is -1.50. The third kappa shape index (κ3) is 5.85. The molecule has 0 spiro atoms. The SMILES string of the molecule is O=C(O)Cc1ccc(O)c([N+](=O)[O-])c1.O=[N+]([O-])O. The molecule has 0 aliphatic rings. The lowest BCUT2D eigenvalue weighted by atomic mass is 10.1. The number of aliphatic carboxylic acids is 1. The van der Waals surface area contributed by atoms with Gasteiger partial charge >= 0.3 is 11.7 Å². The topological polar surface area (TPSA) is 164 Å². The summed E-state index contributed by atoms with van der Waals surface area (Å²) < 4.78 is 0. The number of nitro benzene ring substituents is 1. The zero-order valence-electron chi connectivity index (χ0n) is 8.72. The lowest BCUT2D eigenvalue weighted by Crippen LogP contribution is -2.00. The molecule has 0 heterocycles. The van der Waals surface area contributed by atoms with Gasteiger partial charge in [0.05, 0.1) is 11.3 Å². The minimum absolute atomic E-state index is 0.280. The standard InChI is InChI=1S/C8H7NO5.HNO3/c10-7-2-1-5(4-8(11)12)3-6(7)9(13)14;2-1(3)4/h1-3,10H,4H2,(H,11,12);(H,2,3,4). The zero-order chi connectivity index (χ0) is 14.3. The van der Waals surface area contributed by atoms with Gasteiger partial charge in [-0.3, -0.25) is 14.9 Å². The Balaban J connectivity index is 0.000000631. The molecule has 98 valence electrons. The van der Waals surface area contributed by atoms with Crippen LogP contribution in [0.25, 0.3) is 0 Å². The summed E-state index contributed by atoms with van der Waals surface area (Å²) in [5, 5.41) is 41.5. The number of nitrogens with zero attached hydrogens (tertiary/aromatic N) is 2. The number of rotatable bonds is 3. The van der Waals surface area contributed by atoms with E-state index in [1.807, 2.05) is 0 Å². The van der Waals surface area contributed by atoms with E-state index in [0.29, 0.717) is 0 Å². The number of aromatic hydroxyl groups is 1. The zero-order valence-corrected chi connectivity index (χ0v) is 8.72. The average molecular weight is 260 g/mol. The number of carboxylic acids is 1. The molecule has 0 saturated heterocycles. The molecule has 1 aromatic carbocycles. The van der Waals surface area contributed by atoms with Crippen LogP contribution in [-0.2, 0) is 11.2 Å². The number of carboxylic acid groups (broad SMARTS) is 1. The second-order valence-corrected chi connectivity index (χ2v) is 2.89. The molecule has 3 N–H and O–H groups in total. The second kappa shape index (κ2) is 6.62. The summed E-state index contributed by atoms with van der Waals surface area (Å²) in [6.07, 6.45) is -0.304. The molecule has 1 aromatic rings. The second-order valence-electron chi connectivity index (χ2n) is 2.89. The van der Waals surface area contributed by atoms with E-state index in [1.165, 1.54) is 6.07 Å². The molecule has 0 aromatic heterocycles. The third-order valence-corrected chi connectivity index (χ3v) is 1.59. The Kier molecular flexibility index (Phi) is 5.55. The minimum Gasteiger partial charge on any atom is -0.502 e. The fraction of sp³-hybridized carbons (Fsp3) is 0.125.